The van der Waals surface area contributed by atoms with Gasteiger partial charge in [-0.3, -0.25) is 0 Å². The molecule has 1 fully saturated rings. The zero-order chi connectivity index (χ0) is 36.3. The fourth-order valence-corrected chi connectivity index (χ4v) is 7.11. The Hall–Kier alpha value is -4.36. The Morgan fingerprint density at radius 1 is 0.788 bits per heavy atom. The number of benzene rings is 3. The number of rotatable bonds is 18. The molecule has 1 aliphatic rings. The average Bonchev–Trinajstić information content (AvgIpc) is 3.82. The normalized spacial score (nSPS) is 23.2. The molecule has 6 atom stereocenters. The van der Waals surface area contributed by atoms with E-state index in [0.717, 1.165) is 34.9 Å². The predicted molar refractivity (Wildman–Crippen MR) is 195 cm³/mol. The van der Waals surface area contributed by atoms with Crippen LogP contribution in [-0.2, 0) is 42.5 Å². The second-order valence-corrected chi connectivity index (χ2v) is 13.1. The van der Waals surface area contributed by atoms with Crippen LogP contribution in [-0.4, -0.2) is 81.5 Å². The van der Waals surface area contributed by atoms with Crippen molar-refractivity contribution in [2.75, 3.05) is 19.8 Å². The van der Waals surface area contributed by atoms with Crippen molar-refractivity contribution in [3.05, 3.63) is 126 Å². The number of carbonyl (C=O) groups excluding carboxylic acids is 1. The highest BCUT2D eigenvalue weighted by Gasteiger charge is 2.65. The van der Waals surface area contributed by atoms with Gasteiger partial charge in [-0.2, -0.15) is 0 Å². The number of aryl methyl sites for hydroxylation is 1. The van der Waals surface area contributed by atoms with Gasteiger partial charge in [0.1, 0.15) is 24.4 Å². The lowest BCUT2D eigenvalue weighted by Gasteiger charge is -2.54. The molecule has 2 heterocycles. The molecule has 276 valence electrons. The largest absolute Gasteiger partial charge is 0.450 e. The summed E-state index contributed by atoms with van der Waals surface area (Å²) >= 11 is 0. The van der Waals surface area contributed by atoms with Gasteiger partial charge in [-0.05, 0) is 43.9 Å². The number of aromatic nitrogens is 3. The van der Waals surface area contributed by atoms with Crippen LogP contribution >= 0.6 is 0 Å². The molecule has 0 bridgehead atoms. The number of aliphatic hydroxyl groups excluding tert-OH is 2. The van der Waals surface area contributed by atoms with Crippen molar-refractivity contribution in [3.8, 4) is 0 Å². The van der Waals surface area contributed by atoms with Crippen molar-refractivity contribution in [2.24, 2.45) is 0 Å². The highest BCUT2D eigenvalue weighted by molar-refractivity contribution is 5.86. The van der Waals surface area contributed by atoms with Crippen LogP contribution in [0.1, 0.15) is 65.6 Å². The number of hydrogen-bond acceptors (Lipinski definition) is 9. The zero-order valence-electron chi connectivity index (χ0n) is 29.8. The molecule has 1 saturated carbocycles. The molecule has 1 aliphatic carbocycles. The number of esters is 1. The number of H-pyrrole nitrogens is 2. The monoisotopic (exact) mass is 711 g/mol. The van der Waals surface area contributed by atoms with Crippen LogP contribution in [0, 0.1) is 6.92 Å². The minimum atomic E-state index is -1.68. The van der Waals surface area contributed by atoms with Gasteiger partial charge in [0, 0.05) is 48.7 Å². The summed E-state index contributed by atoms with van der Waals surface area (Å²) in [5.74, 6) is -0.714. The number of carbonyl (C=O) groups is 1. The first-order valence-electron chi connectivity index (χ1n) is 18.1. The lowest BCUT2D eigenvalue weighted by molar-refractivity contribution is -0.310. The molecule has 0 aliphatic heterocycles. The molecule has 11 nitrogen and oxygen atoms in total. The van der Waals surface area contributed by atoms with Crippen molar-refractivity contribution in [3.63, 3.8) is 0 Å². The molecule has 3 aromatic carbocycles. The molecular formula is C41H49N3O8. The van der Waals surface area contributed by atoms with Crippen LogP contribution in [0.5, 0.6) is 0 Å². The van der Waals surface area contributed by atoms with Gasteiger partial charge in [0.25, 0.3) is 0 Å². The van der Waals surface area contributed by atoms with Gasteiger partial charge in [0.05, 0.1) is 18.9 Å². The molecular weight excluding hydrogens is 662 g/mol. The maximum atomic E-state index is 14.0. The molecule has 0 spiro atoms. The van der Waals surface area contributed by atoms with Gasteiger partial charge in [0.2, 0.25) is 5.82 Å². The summed E-state index contributed by atoms with van der Waals surface area (Å²) in [6.07, 6.45) is 1.03. The minimum absolute atomic E-state index is 0.0149. The van der Waals surface area contributed by atoms with E-state index in [1.807, 2.05) is 91.9 Å². The van der Waals surface area contributed by atoms with E-state index in [9.17, 15) is 15.0 Å². The average molecular weight is 712 g/mol. The first-order valence-corrected chi connectivity index (χ1v) is 18.1. The van der Waals surface area contributed by atoms with Crippen LogP contribution in [0.3, 0.4) is 0 Å². The Morgan fingerprint density at radius 3 is 2.10 bits per heavy atom. The van der Waals surface area contributed by atoms with E-state index in [0.29, 0.717) is 30.7 Å². The van der Waals surface area contributed by atoms with E-state index >= 15 is 0 Å². The van der Waals surface area contributed by atoms with Crippen molar-refractivity contribution >= 4 is 16.9 Å². The van der Waals surface area contributed by atoms with Crippen LogP contribution < -0.4 is 0 Å². The van der Waals surface area contributed by atoms with E-state index < -0.39 is 42.1 Å². The van der Waals surface area contributed by atoms with E-state index in [1.54, 1.807) is 19.3 Å². The topological polar surface area (TPSA) is 148 Å². The number of ether oxygens (including phenoxy) is 5. The number of para-hydroxylation sites is 1. The Kier molecular flexibility index (Phi) is 12.9. The number of unbranched alkanes of at least 4 members (excludes halogenated alkanes) is 3. The fraction of sp³-hybridized carbons (Fsp3) is 0.415. The maximum Gasteiger partial charge on any atom is 0.374 e. The Morgan fingerprint density at radius 2 is 1.44 bits per heavy atom. The highest BCUT2D eigenvalue weighted by Crippen LogP contribution is 2.48. The van der Waals surface area contributed by atoms with Crippen molar-refractivity contribution < 1.29 is 38.7 Å². The molecule has 0 amide bonds. The molecule has 11 heteroatoms. The number of imidazole rings is 1. The summed E-state index contributed by atoms with van der Waals surface area (Å²) in [5.41, 5.74) is 2.17. The number of nitrogens with one attached hydrogen (secondary N) is 2. The first-order chi connectivity index (χ1) is 25.5. The number of aromatic amines is 2. The van der Waals surface area contributed by atoms with E-state index in [1.165, 1.54) is 0 Å². The predicted octanol–water partition coefficient (Wildman–Crippen LogP) is 6.14. The molecule has 6 unspecified atom stereocenters. The second-order valence-electron chi connectivity index (χ2n) is 13.1. The van der Waals surface area contributed by atoms with E-state index in [-0.39, 0.29) is 32.3 Å². The van der Waals surface area contributed by atoms with Crippen LogP contribution in [0.15, 0.2) is 97.3 Å². The highest BCUT2D eigenvalue weighted by atomic mass is 16.6. The van der Waals surface area contributed by atoms with E-state index in [4.69, 9.17) is 23.7 Å². The van der Waals surface area contributed by atoms with Gasteiger partial charge < -0.3 is 43.9 Å². The molecule has 0 saturated heterocycles. The van der Waals surface area contributed by atoms with Gasteiger partial charge >= 0.3 is 5.97 Å². The Labute approximate surface area is 304 Å². The van der Waals surface area contributed by atoms with Gasteiger partial charge in [0.15, 0.2) is 11.7 Å². The quantitative estimate of drug-likeness (QED) is 0.0622. The molecule has 4 N–H and O–H groups in total. The molecule has 52 heavy (non-hydrogen) atoms. The smallest absolute Gasteiger partial charge is 0.374 e. The zero-order valence-corrected chi connectivity index (χ0v) is 29.8. The summed E-state index contributed by atoms with van der Waals surface area (Å²) < 4.78 is 33.4. The number of aliphatic hydroxyl groups is 2. The van der Waals surface area contributed by atoms with Gasteiger partial charge in [-0.25, -0.2) is 9.78 Å². The summed E-state index contributed by atoms with van der Waals surface area (Å²) in [4.78, 5) is 24.6. The van der Waals surface area contributed by atoms with Crippen molar-refractivity contribution in [1.29, 1.82) is 0 Å². The Bertz CT molecular complexity index is 1830. The number of hydrogen-bond donors (Lipinski definition) is 4. The van der Waals surface area contributed by atoms with Crippen LogP contribution in [0.25, 0.3) is 10.9 Å². The van der Waals surface area contributed by atoms with Crippen molar-refractivity contribution in [2.45, 2.75) is 88.9 Å². The third-order valence-electron chi connectivity index (χ3n) is 9.58. The van der Waals surface area contributed by atoms with Crippen LogP contribution in [0.4, 0.5) is 0 Å². The standard InChI is InChI=1S/C41H49N3O8/c1-3-51-41(32-25-42-33-21-13-12-20-31(32)33)37(46)35(48-23-15-5-4-14-22-45)34(49-26-29-16-8-6-9-17-29)36(50-27-30-18-10-7-11-19-30)38(41)52-40(47)39-43-24-28(2)44-39/h6-13,16-21,24-25,34-38,42,45-46H,3-5,14-15,22-23,26-27H2,1-2H3,(H,43,44). The SMILES string of the molecule is CCOC1(c2c[nH]c3ccccc23)C(O)C(OCCCCCCO)C(OCc2ccccc2)C(OCc2ccccc2)C1OC(=O)c1nc(C)c[nH]1. The lowest BCUT2D eigenvalue weighted by Crippen LogP contribution is -2.72. The maximum absolute atomic E-state index is 14.0. The molecule has 2 aromatic heterocycles. The third kappa shape index (κ3) is 8.31. The molecule has 5 aromatic rings. The van der Waals surface area contributed by atoms with Crippen LogP contribution in [0.2, 0.25) is 0 Å². The Balaban J connectivity index is 1.49. The number of nitrogens with zero attached hydrogens (tertiary/aromatic N) is 1. The second kappa shape index (κ2) is 17.9. The lowest BCUT2D eigenvalue weighted by atomic mass is 9.70. The summed E-state index contributed by atoms with van der Waals surface area (Å²) in [6, 6.07) is 27.2. The minimum Gasteiger partial charge on any atom is -0.450 e. The van der Waals surface area contributed by atoms with Gasteiger partial charge in [-0.1, -0.05) is 91.7 Å². The first kappa shape index (κ1) is 37.4. The van der Waals surface area contributed by atoms with Crippen molar-refractivity contribution in [1.82, 2.24) is 15.0 Å². The molecule has 6 rings (SSSR count). The summed E-state index contributed by atoms with van der Waals surface area (Å²) in [6.45, 7) is 4.58. The summed E-state index contributed by atoms with van der Waals surface area (Å²) in [5, 5.41) is 22.9. The fourth-order valence-electron chi connectivity index (χ4n) is 7.11. The number of fused-ring (bicyclic) bond motifs is 1. The van der Waals surface area contributed by atoms with Gasteiger partial charge in [-0.15, -0.1) is 0 Å². The summed E-state index contributed by atoms with van der Waals surface area (Å²) in [7, 11) is 0. The van der Waals surface area contributed by atoms with E-state index in [2.05, 4.69) is 15.0 Å². The third-order valence-corrected chi connectivity index (χ3v) is 9.58. The molecule has 0 radical (unpaired) electrons.